The number of carbonyl (C=O) groups is 1. The van der Waals surface area contributed by atoms with Crippen LogP contribution in [0.4, 0.5) is 10.8 Å². The van der Waals surface area contributed by atoms with Crippen molar-refractivity contribution < 1.29 is 4.79 Å². The van der Waals surface area contributed by atoms with Crippen molar-refractivity contribution in [2.24, 2.45) is 0 Å². The van der Waals surface area contributed by atoms with Crippen molar-refractivity contribution in [1.29, 1.82) is 0 Å². The number of fused-ring (bicyclic) bond motifs is 1. The fraction of sp³-hybridized carbons (Fsp3) is 0.154. The van der Waals surface area contributed by atoms with Crippen LogP contribution in [0.3, 0.4) is 0 Å². The molecule has 20 heavy (non-hydrogen) atoms. The van der Waals surface area contributed by atoms with Crippen LogP contribution in [0.1, 0.15) is 13.0 Å². The number of nitrogen functional groups attached to an aromatic ring is 1. The second-order valence-corrected chi connectivity index (χ2v) is 5.45. The van der Waals surface area contributed by atoms with E-state index in [4.69, 9.17) is 5.73 Å². The van der Waals surface area contributed by atoms with Gasteiger partial charge >= 0.3 is 0 Å². The summed E-state index contributed by atoms with van der Waals surface area (Å²) in [5, 5.41) is 3.39. The topological polar surface area (TPSA) is 85.8 Å². The van der Waals surface area contributed by atoms with E-state index in [1.807, 2.05) is 19.1 Å². The molecule has 0 radical (unpaired) electrons. The smallest absolute Gasteiger partial charge is 0.248 e. The number of hydrogen-bond acceptors (Lipinski definition) is 5. The highest BCUT2D eigenvalue weighted by molar-refractivity contribution is 7.22. The van der Waals surface area contributed by atoms with E-state index in [0.29, 0.717) is 10.8 Å². The van der Waals surface area contributed by atoms with Crippen LogP contribution in [0.15, 0.2) is 36.9 Å². The number of carbonyl (C=O) groups excluding carboxylic acids is 1. The second-order valence-electron chi connectivity index (χ2n) is 4.42. The zero-order valence-corrected chi connectivity index (χ0v) is 11.6. The standard InChI is InChI=1S/C13H13N5OS/c1-8(18-5-4-15-7-18)12(19)17-13-16-10-3-2-9(14)6-11(10)20-13/h2-8H,14H2,1H3,(H,16,17,19). The average molecular weight is 287 g/mol. The SMILES string of the molecule is CC(C(=O)Nc1nc2ccc(N)cc2s1)n1ccnc1. The first-order valence-electron chi connectivity index (χ1n) is 6.08. The molecular formula is C13H13N5OS. The highest BCUT2D eigenvalue weighted by Crippen LogP contribution is 2.27. The van der Waals surface area contributed by atoms with Gasteiger partial charge in [0.05, 0.1) is 16.5 Å². The Hall–Kier alpha value is -2.41. The molecule has 6 nitrogen and oxygen atoms in total. The summed E-state index contributed by atoms with van der Waals surface area (Å²) in [5.41, 5.74) is 7.24. The van der Waals surface area contributed by atoms with Crippen LogP contribution in [-0.4, -0.2) is 20.4 Å². The lowest BCUT2D eigenvalue weighted by Gasteiger charge is -2.11. The number of nitrogens with one attached hydrogen (secondary N) is 1. The molecule has 2 aromatic heterocycles. The van der Waals surface area contributed by atoms with E-state index in [1.54, 1.807) is 29.4 Å². The molecule has 0 saturated carbocycles. The molecule has 7 heteroatoms. The van der Waals surface area contributed by atoms with Crippen LogP contribution < -0.4 is 11.1 Å². The molecule has 0 spiro atoms. The molecule has 1 amide bonds. The van der Waals surface area contributed by atoms with Gasteiger partial charge in [0.2, 0.25) is 5.91 Å². The molecular weight excluding hydrogens is 274 g/mol. The van der Waals surface area contributed by atoms with Gasteiger partial charge in [-0.3, -0.25) is 4.79 Å². The third-order valence-corrected chi connectivity index (χ3v) is 3.93. The van der Waals surface area contributed by atoms with E-state index in [2.05, 4.69) is 15.3 Å². The highest BCUT2D eigenvalue weighted by atomic mass is 32.1. The predicted molar refractivity (Wildman–Crippen MR) is 79.6 cm³/mol. The Morgan fingerprint density at radius 1 is 1.50 bits per heavy atom. The van der Waals surface area contributed by atoms with Crippen molar-refractivity contribution in [3.63, 3.8) is 0 Å². The molecule has 3 rings (SSSR count). The summed E-state index contributed by atoms with van der Waals surface area (Å²) in [4.78, 5) is 20.4. The molecule has 1 aromatic carbocycles. The summed E-state index contributed by atoms with van der Waals surface area (Å²) in [6.07, 6.45) is 5.01. The summed E-state index contributed by atoms with van der Waals surface area (Å²) in [7, 11) is 0. The number of thiazole rings is 1. The van der Waals surface area contributed by atoms with E-state index in [0.717, 1.165) is 10.2 Å². The number of amides is 1. The van der Waals surface area contributed by atoms with Gasteiger partial charge in [-0.2, -0.15) is 0 Å². The Morgan fingerprint density at radius 2 is 2.35 bits per heavy atom. The quantitative estimate of drug-likeness (QED) is 0.724. The maximum absolute atomic E-state index is 12.1. The molecule has 1 atom stereocenters. The Labute approximate surface area is 119 Å². The molecule has 2 heterocycles. The van der Waals surface area contributed by atoms with E-state index >= 15 is 0 Å². The molecule has 0 aliphatic heterocycles. The van der Waals surface area contributed by atoms with Crippen molar-refractivity contribution in [2.75, 3.05) is 11.1 Å². The van der Waals surface area contributed by atoms with Gasteiger partial charge in [0, 0.05) is 18.1 Å². The Kier molecular flexibility index (Phi) is 3.11. The maximum Gasteiger partial charge on any atom is 0.248 e. The van der Waals surface area contributed by atoms with Gasteiger partial charge in [-0.1, -0.05) is 11.3 Å². The lowest BCUT2D eigenvalue weighted by Crippen LogP contribution is -2.22. The van der Waals surface area contributed by atoms with Crippen molar-refractivity contribution >= 4 is 38.3 Å². The molecule has 102 valence electrons. The summed E-state index contributed by atoms with van der Waals surface area (Å²) in [5.74, 6) is -0.130. The number of nitrogens with zero attached hydrogens (tertiary/aromatic N) is 3. The molecule has 0 aliphatic carbocycles. The fourth-order valence-electron chi connectivity index (χ4n) is 1.84. The Morgan fingerprint density at radius 3 is 3.10 bits per heavy atom. The zero-order chi connectivity index (χ0) is 14.1. The number of benzene rings is 1. The van der Waals surface area contributed by atoms with E-state index in [9.17, 15) is 4.79 Å². The molecule has 3 N–H and O–H groups in total. The molecule has 0 bridgehead atoms. The van der Waals surface area contributed by atoms with Gasteiger partial charge in [-0.25, -0.2) is 9.97 Å². The van der Waals surface area contributed by atoms with Gasteiger partial charge in [0.25, 0.3) is 0 Å². The minimum absolute atomic E-state index is 0.130. The van der Waals surface area contributed by atoms with Crippen molar-refractivity contribution in [3.8, 4) is 0 Å². The first-order valence-corrected chi connectivity index (χ1v) is 6.89. The van der Waals surface area contributed by atoms with E-state index in [-0.39, 0.29) is 11.9 Å². The van der Waals surface area contributed by atoms with Gasteiger partial charge in [-0.15, -0.1) is 0 Å². The second kappa shape index (κ2) is 4.93. The van der Waals surface area contributed by atoms with E-state index < -0.39 is 0 Å². The van der Waals surface area contributed by atoms with Crippen LogP contribution in [0.2, 0.25) is 0 Å². The molecule has 0 fully saturated rings. The third kappa shape index (κ3) is 2.35. The van der Waals surface area contributed by atoms with Crippen molar-refractivity contribution in [1.82, 2.24) is 14.5 Å². The van der Waals surface area contributed by atoms with Gasteiger partial charge in [0.15, 0.2) is 5.13 Å². The van der Waals surface area contributed by atoms with Crippen LogP contribution in [0, 0.1) is 0 Å². The zero-order valence-electron chi connectivity index (χ0n) is 10.8. The van der Waals surface area contributed by atoms with Crippen LogP contribution >= 0.6 is 11.3 Å². The first kappa shape index (κ1) is 12.6. The molecule has 0 aliphatic rings. The maximum atomic E-state index is 12.1. The first-order chi connectivity index (χ1) is 9.63. The minimum Gasteiger partial charge on any atom is -0.399 e. The third-order valence-electron chi connectivity index (χ3n) is 2.99. The van der Waals surface area contributed by atoms with Crippen molar-refractivity contribution in [2.45, 2.75) is 13.0 Å². The Bertz CT molecular complexity index is 749. The average Bonchev–Trinajstić information content (AvgIpc) is 3.05. The molecule has 1 unspecified atom stereocenters. The fourth-order valence-corrected chi connectivity index (χ4v) is 2.76. The van der Waals surface area contributed by atoms with Crippen LogP contribution in [0.5, 0.6) is 0 Å². The number of hydrogen-bond donors (Lipinski definition) is 2. The molecule has 0 saturated heterocycles. The van der Waals surface area contributed by atoms with Crippen LogP contribution in [0.25, 0.3) is 10.2 Å². The highest BCUT2D eigenvalue weighted by Gasteiger charge is 2.16. The summed E-state index contributed by atoms with van der Waals surface area (Å²) >= 11 is 1.41. The van der Waals surface area contributed by atoms with Crippen molar-refractivity contribution in [3.05, 3.63) is 36.9 Å². The Balaban J connectivity index is 1.80. The number of imidazole rings is 1. The minimum atomic E-state index is -0.338. The predicted octanol–water partition coefficient (Wildman–Crippen LogP) is 2.27. The number of aromatic nitrogens is 3. The lowest BCUT2D eigenvalue weighted by molar-refractivity contribution is -0.118. The van der Waals surface area contributed by atoms with Crippen LogP contribution in [-0.2, 0) is 4.79 Å². The summed E-state index contributed by atoms with van der Waals surface area (Å²) in [6, 6.07) is 5.15. The normalized spacial score (nSPS) is 12.4. The van der Waals surface area contributed by atoms with Gasteiger partial charge < -0.3 is 15.6 Å². The number of rotatable bonds is 3. The van der Waals surface area contributed by atoms with Gasteiger partial charge in [-0.05, 0) is 25.1 Å². The monoisotopic (exact) mass is 287 g/mol. The number of nitrogens with two attached hydrogens (primary N) is 1. The van der Waals surface area contributed by atoms with E-state index in [1.165, 1.54) is 11.3 Å². The summed E-state index contributed by atoms with van der Waals surface area (Å²) < 4.78 is 2.69. The molecule has 3 aromatic rings. The summed E-state index contributed by atoms with van der Waals surface area (Å²) in [6.45, 7) is 1.81. The largest absolute Gasteiger partial charge is 0.399 e. The lowest BCUT2D eigenvalue weighted by atomic mass is 10.3. The number of anilines is 2. The van der Waals surface area contributed by atoms with Gasteiger partial charge in [0.1, 0.15) is 6.04 Å².